The molecule has 1 aliphatic carbocycles. The molecule has 104 valence electrons. The maximum Gasteiger partial charge on any atom is 0.226 e. The van der Waals surface area contributed by atoms with Crippen LogP contribution in [0.4, 0.5) is 5.13 Å². The first-order valence-electron chi connectivity index (χ1n) is 7.11. The van der Waals surface area contributed by atoms with E-state index in [9.17, 15) is 4.79 Å². The molecule has 0 atom stereocenters. The molecule has 2 aromatic rings. The van der Waals surface area contributed by atoms with Gasteiger partial charge in [-0.25, -0.2) is 4.98 Å². The van der Waals surface area contributed by atoms with Crippen LogP contribution in [0, 0.1) is 12.8 Å². The first kappa shape index (κ1) is 12.1. The molecule has 1 amide bonds. The number of nitrogens with zero attached hydrogens (tertiary/aromatic N) is 2. The van der Waals surface area contributed by atoms with Gasteiger partial charge in [-0.3, -0.25) is 4.79 Å². The molecule has 2 fully saturated rings. The highest BCUT2D eigenvalue weighted by atomic mass is 32.1. The van der Waals surface area contributed by atoms with E-state index < -0.39 is 0 Å². The van der Waals surface area contributed by atoms with Crippen molar-refractivity contribution in [2.75, 3.05) is 18.0 Å². The normalized spacial score (nSPS) is 19.1. The number of aryl methyl sites for hydroxylation is 1. The van der Waals surface area contributed by atoms with Crippen molar-refractivity contribution in [2.45, 2.75) is 25.8 Å². The Morgan fingerprint density at radius 2 is 2.20 bits per heavy atom. The lowest BCUT2D eigenvalue weighted by atomic mass is 10.0. The molecule has 2 heterocycles. The van der Waals surface area contributed by atoms with Crippen LogP contribution in [0.3, 0.4) is 0 Å². The van der Waals surface area contributed by atoms with Crippen molar-refractivity contribution in [3.05, 3.63) is 23.8 Å². The van der Waals surface area contributed by atoms with Gasteiger partial charge in [0.05, 0.1) is 16.1 Å². The largest absolute Gasteiger partial charge is 0.353 e. The zero-order valence-corrected chi connectivity index (χ0v) is 12.2. The van der Waals surface area contributed by atoms with Crippen molar-refractivity contribution in [1.82, 2.24) is 10.3 Å². The van der Waals surface area contributed by atoms with Crippen LogP contribution in [-0.2, 0) is 4.79 Å². The van der Waals surface area contributed by atoms with Crippen molar-refractivity contribution >= 4 is 32.6 Å². The summed E-state index contributed by atoms with van der Waals surface area (Å²) in [5, 5.41) is 4.12. The lowest BCUT2D eigenvalue weighted by Gasteiger charge is -2.37. The Morgan fingerprint density at radius 1 is 1.40 bits per heavy atom. The molecule has 1 saturated carbocycles. The van der Waals surface area contributed by atoms with Gasteiger partial charge in [0.1, 0.15) is 0 Å². The van der Waals surface area contributed by atoms with E-state index in [1.165, 1.54) is 10.3 Å². The highest BCUT2D eigenvalue weighted by Crippen LogP contribution is 2.33. The summed E-state index contributed by atoms with van der Waals surface area (Å²) in [5.74, 6) is 0.366. The number of benzene rings is 1. The Bertz CT molecular complexity index is 671. The SMILES string of the molecule is Cc1ccc2nc(N3CC(C(=O)NC4CC4)C3)sc2c1. The maximum atomic E-state index is 11.9. The van der Waals surface area contributed by atoms with E-state index in [0.717, 1.165) is 36.6 Å². The van der Waals surface area contributed by atoms with Gasteiger partial charge in [-0.15, -0.1) is 0 Å². The molecule has 0 spiro atoms. The molecule has 1 aliphatic heterocycles. The highest BCUT2D eigenvalue weighted by molar-refractivity contribution is 7.22. The van der Waals surface area contributed by atoms with E-state index >= 15 is 0 Å². The second kappa shape index (κ2) is 4.45. The monoisotopic (exact) mass is 287 g/mol. The number of fused-ring (bicyclic) bond motifs is 1. The summed E-state index contributed by atoms with van der Waals surface area (Å²) < 4.78 is 1.23. The van der Waals surface area contributed by atoms with Crippen molar-refractivity contribution in [3.63, 3.8) is 0 Å². The molecule has 1 aromatic carbocycles. The fourth-order valence-corrected chi connectivity index (χ4v) is 3.58. The van der Waals surface area contributed by atoms with Crippen molar-refractivity contribution in [1.29, 1.82) is 0 Å². The summed E-state index contributed by atoms with van der Waals surface area (Å²) in [6.45, 7) is 3.70. The number of amides is 1. The van der Waals surface area contributed by atoms with Gasteiger partial charge in [-0.2, -0.15) is 0 Å². The molecule has 0 unspecified atom stereocenters. The molecule has 0 bridgehead atoms. The predicted molar refractivity (Wildman–Crippen MR) is 81.2 cm³/mol. The minimum Gasteiger partial charge on any atom is -0.353 e. The molecule has 1 aromatic heterocycles. The third kappa shape index (κ3) is 2.16. The number of aromatic nitrogens is 1. The minimum absolute atomic E-state index is 0.143. The summed E-state index contributed by atoms with van der Waals surface area (Å²) in [4.78, 5) is 18.8. The van der Waals surface area contributed by atoms with E-state index in [2.05, 4.69) is 40.3 Å². The van der Waals surface area contributed by atoms with Crippen LogP contribution in [0.5, 0.6) is 0 Å². The van der Waals surface area contributed by atoms with E-state index in [1.807, 2.05) is 0 Å². The van der Waals surface area contributed by atoms with Crippen molar-refractivity contribution in [3.8, 4) is 0 Å². The second-order valence-corrected chi connectivity index (χ2v) is 6.86. The number of anilines is 1. The quantitative estimate of drug-likeness (QED) is 0.942. The molecular formula is C15H17N3OS. The average molecular weight is 287 g/mol. The second-order valence-electron chi connectivity index (χ2n) is 5.85. The van der Waals surface area contributed by atoms with Crippen LogP contribution in [0.1, 0.15) is 18.4 Å². The third-order valence-electron chi connectivity index (χ3n) is 3.98. The zero-order valence-electron chi connectivity index (χ0n) is 11.4. The van der Waals surface area contributed by atoms with Gasteiger partial charge >= 0.3 is 0 Å². The molecule has 1 saturated heterocycles. The number of nitrogens with one attached hydrogen (secondary N) is 1. The van der Waals surface area contributed by atoms with E-state index in [0.29, 0.717) is 6.04 Å². The van der Waals surface area contributed by atoms with Gasteiger partial charge in [-0.05, 0) is 37.5 Å². The number of carbonyl (C=O) groups excluding carboxylic acids is 1. The first-order chi connectivity index (χ1) is 9.69. The number of thiazole rings is 1. The Morgan fingerprint density at radius 3 is 2.95 bits per heavy atom. The molecule has 0 radical (unpaired) electrons. The molecule has 4 rings (SSSR count). The topological polar surface area (TPSA) is 45.2 Å². The summed E-state index contributed by atoms with van der Waals surface area (Å²) >= 11 is 1.72. The summed E-state index contributed by atoms with van der Waals surface area (Å²) in [6.07, 6.45) is 2.30. The van der Waals surface area contributed by atoms with Crippen LogP contribution in [0.25, 0.3) is 10.2 Å². The van der Waals surface area contributed by atoms with Crippen LogP contribution < -0.4 is 10.2 Å². The smallest absolute Gasteiger partial charge is 0.226 e. The molecule has 20 heavy (non-hydrogen) atoms. The lowest BCUT2D eigenvalue weighted by molar-refractivity contribution is -0.125. The fraction of sp³-hybridized carbons (Fsp3) is 0.467. The van der Waals surface area contributed by atoms with Crippen LogP contribution in [-0.4, -0.2) is 30.0 Å². The van der Waals surface area contributed by atoms with Gasteiger partial charge in [-0.1, -0.05) is 17.4 Å². The zero-order chi connectivity index (χ0) is 13.7. The van der Waals surface area contributed by atoms with Gasteiger partial charge in [0.15, 0.2) is 5.13 Å². The van der Waals surface area contributed by atoms with E-state index in [-0.39, 0.29) is 11.8 Å². The third-order valence-corrected chi connectivity index (χ3v) is 5.06. The predicted octanol–water partition coefficient (Wildman–Crippen LogP) is 2.32. The van der Waals surface area contributed by atoms with Crippen molar-refractivity contribution < 1.29 is 4.79 Å². The van der Waals surface area contributed by atoms with E-state index in [1.54, 1.807) is 11.3 Å². The van der Waals surface area contributed by atoms with Gasteiger partial charge in [0.25, 0.3) is 0 Å². The summed E-state index contributed by atoms with van der Waals surface area (Å²) in [6, 6.07) is 6.80. The Labute approximate surface area is 121 Å². The van der Waals surface area contributed by atoms with Gasteiger partial charge in [0.2, 0.25) is 5.91 Å². The highest BCUT2D eigenvalue weighted by Gasteiger charge is 2.36. The van der Waals surface area contributed by atoms with E-state index in [4.69, 9.17) is 0 Å². The molecule has 1 N–H and O–H groups in total. The maximum absolute atomic E-state index is 11.9. The first-order valence-corrected chi connectivity index (χ1v) is 7.93. The Kier molecular flexibility index (Phi) is 2.70. The van der Waals surface area contributed by atoms with Crippen molar-refractivity contribution in [2.24, 2.45) is 5.92 Å². The average Bonchev–Trinajstić information content (AvgIpc) is 3.05. The van der Waals surface area contributed by atoms with Gasteiger partial charge < -0.3 is 10.2 Å². The van der Waals surface area contributed by atoms with Crippen LogP contribution in [0.15, 0.2) is 18.2 Å². The lowest BCUT2D eigenvalue weighted by Crippen LogP contribution is -2.54. The molecular weight excluding hydrogens is 270 g/mol. The number of carbonyl (C=O) groups is 1. The Hall–Kier alpha value is -1.62. The van der Waals surface area contributed by atoms with Crippen LogP contribution in [0.2, 0.25) is 0 Å². The van der Waals surface area contributed by atoms with Gasteiger partial charge in [0, 0.05) is 19.1 Å². The minimum atomic E-state index is 0.143. The number of hydrogen-bond donors (Lipinski definition) is 1. The number of hydrogen-bond acceptors (Lipinski definition) is 4. The number of rotatable bonds is 3. The Balaban J connectivity index is 1.44. The fourth-order valence-electron chi connectivity index (χ4n) is 2.50. The molecule has 5 heteroatoms. The summed E-state index contributed by atoms with van der Waals surface area (Å²) in [5.41, 5.74) is 2.32. The standard InChI is InChI=1S/C15H17N3OS/c1-9-2-5-12-13(6-9)20-15(17-12)18-7-10(8-18)14(19)16-11-3-4-11/h2,5-6,10-11H,3-4,7-8H2,1H3,(H,16,19). The molecule has 4 nitrogen and oxygen atoms in total. The molecule has 2 aliphatic rings. The summed E-state index contributed by atoms with van der Waals surface area (Å²) in [7, 11) is 0. The van der Waals surface area contributed by atoms with Crippen LogP contribution >= 0.6 is 11.3 Å².